The van der Waals surface area contributed by atoms with Gasteiger partial charge >= 0.3 is 0 Å². The lowest BCUT2D eigenvalue weighted by molar-refractivity contribution is 0.409. The number of methoxy groups -OCH3 is 1. The predicted octanol–water partition coefficient (Wildman–Crippen LogP) is 2.84. The third-order valence-corrected chi connectivity index (χ3v) is 2.57. The van der Waals surface area contributed by atoms with Crippen molar-refractivity contribution < 1.29 is 4.74 Å². The van der Waals surface area contributed by atoms with Crippen LogP contribution in [0.5, 0.6) is 5.75 Å². The summed E-state index contributed by atoms with van der Waals surface area (Å²) < 4.78 is 4.90. The molecule has 1 heterocycles. The first-order chi connectivity index (χ1) is 7.11. The molecule has 0 aliphatic rings. The van der Waals surface area contributed by atoms with Gasteiger partial charge in [-0.1, -0.05) is 23.2 Å². The molecule has 78 valence electrons. The van der Waals surface area contributed by atoms with Gasteiger partial charge in [0.2, 0.25) is 0 Å². The number of benzene rings is 1. The molecule has 5 heteroatoms. The van der Waals surface area contributed by atoms with Gasteiger partial charge in [0, 0.05) is 10.4 Å². The van der Waals surface area contributed by atoms with E-state index in [0.29, 0.717) is 15.6 Å². The summed E-state index contributed by atoms with van der Waals surface area (Å²) in [5, 5.41) is 1.67. The summed E-state index contributed by atoms with van der Waals surface area (Å²) in [4.78, 5) is 14.1. The van der Waals surface area contributed by atoms with Crippen LogP contribution >= 0.6 is 23.2 Å². The smallest absolute Gasteiger partial charge is 0.290 e. The van der Waals surface area contributed by atoms with Crippen LogP contribution in [0.3, 0.4) is 0 Å². The van der Waals surface area contributed by atoms with E-state index >= 15 is 0 Å². The van der Waals surface area contributed by atoms with Crippen molar-refractivity contribution in [1.29, 1.82) is 0 Å². The SMILES string of the molecule is COc1cc2cc(Cl)cc(Cl)c2[nH]c1=O. The van der Waals surface area contributed by atoms with E-state index in [1.807, 2.05) is 0 Å². The van der Waals surface area contributed by atoms with Crippen LogP contribution in [0.4, 0.5) is 0 Å². The number of H-pyrrole nitrogens is 1. The lowest BCUT2D eigenvalue weighted by Gasteiger charge is -2.04. The third kappa shape index (κ3) is 1.80. The molecule has 0 aliphatic carbocycles. The third-order valence-electron chi connectivity index (χ3n) is 2.05. The van der Waals surface area contributed by atoms with Crippen LogP contribution in [0.25, 0.3) is 10.9 Å². The number of halogens is 2. The Balaban J connectivity index is 2.87. The zero-order chi connectivity index (χ0) is 11.0. The number of pyridine rings is 1. The first-order valence-corrected chi connectivity index (χ1v) is 4.93. The first-order valence-electron chi connectivity index (χ1n) is 4.18. The average molecular weight is 244 g/mol. The van der Waals surface area contributed by atoms with E-state index in [9.17, 15) is 4.79 Å². The molecular weight excluding hydrogens is 237 g/mol. The Labute approximate surface area is 95.6 Å². The maximum atomic E-state index is 11.4. The summed E-state index contributed by atoms with van der Waals surface area (Å²) in [6.45, 7) is 0. The maximum absolute atomic E-state index is 11.4. The number of rotatable bonds is 1. The molecule has 0 saturated carbocycles. The minimum Gasteiger partial charge on any atom is -0.491 e. The van der Waals surface area contributed by atoms with Gasteiger partial charge in [-0.25, -0.2) is 0 Å². The molecule has 0 spiro atoms. The molecule has 1 N–H and O–H groups in total. The van der Waals surface area contributed by atoms with Crippen molar-refractivity contribution >= 4 is 34.1 Å². The second-order valence-electron chi connectivity index (χ2n) is 3.02. The lowest BCUT2D eigenvalue weighted by atomic mass is 10.2. The molecule has 0 fully saturated rings. The van der Waals surface area contributed by atoms with Gasteiger partial charge in [-0.15, -0.1) is 0 Å². The number of hydrogen-bond acceptors (Lipinski definition) is 2. The van der Waals surface area contributed by atoms with Gasteiger partial charge in [0.1, 0.15) is 0 Å². The van der Waals surface area contributed by atoms with E-state index in [1.54, 1.807) is 18.2 Å². The van der Waals surface area contributed by atoms with Crippen LogP contribution in [0.1, 0.15) is 0 Å². The van der Waals surface area contributed by atoms with E-state index in [0.717, 1.165) is 5.39 Å². The highest BCUT2D eigenvalue weighted by Crippen LogP contribution is 2.26. The monoisotopic (exact) mass is 243 g/mol. The van der Waals surface area contributed by atoms with Gasteiger partial charge in [-0.3, -0.25) is 4.79 Å². The van der Waals surface area contributed by atoms with Crippen molar-refractivity contribution in [1.82, 2.24) is 4.98 Å². The highest BCUT2D eigenvalue weighted by atomic mass is 35.5. The number of aromatic amines is 1. The number of hydrogen-bond donors (Lipinski definition) is 1. The van der Waals surface area contributed by atoms with E-state index in [4.69, 9.17) is 27.9 Å². The van der Waals surface area contributed by atoms with Crippen molar-refractivity contribution in [3.8, 4) is 5.75 Å². The van der Waals surface area contributed by atoms with Gasteiger partial charge in [0.15, 0.2) is 5.75 Å². The first kappa shape index (κ1) is 10.3. The Kier molecular flexibility index (Phi) is 2.59. The summed E-state index contributed by atoms with van der Waals surface area (Å²) in [6, 6.07) is 4.89. The minimum atomic E-state index is -0.311. The molecule has 2 aromatic rings. The molecule has 1 aromatic carbocycles. The minimum absolute atomic E-state index is 0.237. The van der Waals surface area contributed by atoms with Gasteiger partial charge in [0.25, 0.3) is 5.56 Å². The summed E-state index contributed by atoms with van der Waals surface area (Å²) >= 11 is 11.8. The van der Waals surface area contributed by atoms with Gasteiger partial charge in [0.05, 0.1) is 17.6 Å². The fraction of sp³-hybridized carbons (Fsp3) is 0.100. The molecule has 15 heavy (non-hydrogen) atoms. The van der Waals surface area contributed by atoms with Crippen LogP contribution in [0.15, 0.2) is 23.0 Å². The Morgan fingerprint density at radius 1 is 1.27 bits per heavy atom. The van der Waals surface area contributed by atoms with Crippen molar-refractivity contribution in [3.05, 3.63) is 38.6 Å². The van der Waals surface area contributed by atoms with Crippen LogP contribution < -0.4 is 10.3 Å². The Morgan fingerprint density at radius 3 is 2.67 bits per heavy atom. The summed E-state index contributed by atoms with van der Waals surface area (Å²) in [6.07, 6.45) is 0. The fourth-order valence-electron chi connectivity index (χ4n) is 1.37. The second kappa shape index (κ2) is 3.76. The van der Waals surface area contributed by atoms with E-state index < -0.39 is 0 Å². The molecule has 0 atom stereocenters. The van der Waals surface area contributed by atoms with Crippen molar-refractivity contribution in [2.75, 3.05) is 7.11 Å². The molecular formula is C10H7Cl2NO2. The molecule has 0 saturated heterocycles. The second-order valence-corrected chi connectivity index (χ2v) is 3.86. The molecule has 0 radical (unpaired) electrons. The van der Waals surface area contributed by atoms with Crippen molar-refractivity contribution in [2.45, 2.75) is 0 Å². The normalized spacial score (nSPS) is 10.6. The molecule has 0 bridgehead atoms. The van der Waals surface area contributed by atoms with Crippen molar-refractivity contribution in [2.24, 2.45) is 0 Å². The van der Waals surface area contributed by atoms with Crippen molar-refractivity contribution in [3.63, 3.8) is 0 Å². The average Bonchev–Trinajstić information content (AvgIpc) is 2.18. The predicted molar refractivity (Wildman–Crippen MR) is 61.1 cm³/mol. The standard InChI is InChI=1S/C10H7Cl2NO2/c1-15-8-3-5-2-6(11)4-7(12)9(5)13-10(8)14/h2-4H,1H3,(H,13,14). The quantitative estimate of drug-likeness (QED) is 0.837. The van der Waals surface area contributed by atoms with Gasteiger partial charge in [-0.05, 0) is 18.2 Å². The summed E-state index contributed by atoms with van der Waals surface area (Å²) in [5.41, 5.74) is 0.251. The van der Waals surface area contributed by atoms with Crippen LogP contribution in [-0.4, -0.2) is 12.1 Å². The van der Waals surface area contributed by atoms with E-state index in [2.05, 4.69) is 4.98 Å². The molecule has 2 rings (SSSR count). The number of aromatic nitrogens is 1. The topological polar surface area (TPSA) is 42.1 Å². The van der Waals surface area contributed by atoms with E-state index in [-0.39, 0.29) is 11.3 Å². The zero-order valence-corrected chi connectivity index (χ0v) is 9.32. The van der Waals surface area contributed by atoms with Crippen LogP contribution in [0, 0.1) is 0 Å². The van der Waals surface area contributed by atoms with E-state index in [1.165, 1.54) is 7.11 Å². The number of ether oxygens (including phenoxy) is 1. The molecule has 0 amide bonds. The summed E-state index contributed by atoms with van der Waals surface area (Å²) in [5.74, 6) is 0.237. The lowest BCUT2D eigenvalue weighted by Crippen LogP contribution is -2.08. The van der Waals surface area contributed by atoms with Crippen LogP contribution in [-0.2, 0) is 0 Å². The van der Waals surface area contributed by atoms with Gasteiger partial charge in [-0.2, -0.15) is 0 Å². The number of fused-ring (bicyclic) bond motifs is 1. The highest BCUT2D eigenvalue weighted by Gasteiger charge is 2.06. The largest absolute Gasteiger partial charge is 0.491 e. The Bertz CT molecular complexity index is 577. The van der Waals surface area contributed by atoms with Crippen LogP contribution in [0.2, 0.25) is 10.0 Å². The maximum Gasteiger partial charge on any atom is 0.290 e. The molecule has 1 aromatic heterocycles. The Hall–Kier alpha value is -1.19. The molecule has 0 aliphatic heterocycles. The van der Waals surface area contributed by atoms with Gasteiger partial charge < -0.3 is 9.72 Å². The zero-order valence-electron chi connectivity index (χ0n) is 7.80. The Morgan fingerprint density at radius 2 is 2.00 bits per heavy atom. The molecule has 0 unspecified atom stereocenters. The molecule has 3 nitrogen and oxygen atoms in total. The summed E-state index contributed by atoms with van der Waals surface area (Å²) in [7, 11) is 1.43. The number of nitrogens with one attached hydrogen (secondary N) is 1. The fourth-order valence-corrected chi connectivity index (χ4v) is 1.93. The highest BCUT2D eigenvalue weighted by molar-refractivity contribution is 6.38.